The third kappa shape index (κ3) is 62.0. The average molecular weight is 1060 g/mol. The van der Waals surface area contributed by atoms with Crippen molar-refractivity contribution in [1.29, 1.82) is 0 Å². The highest BCUT2D eigenvalue weighted by atomic mass is 16.6. The van der Waals surface area contributed by atoms with Gasteiger partial charge in [0.2, 0.25) is 0 Å². The lowest BCUT2D eigenvalue weighted by Gasteiger charge is -2.18. The summed E-state index contributed by atoms with van der Waals surface area (Å²) in [6.07, 6.45) is 91.4. The summed E-state index contributed by atoms with van der Waals surface area (Å²) in [4.78, 5) is 38.3. The molecule has 0 aliphatic carbocycles. The number of carbonyl (C=O) groups is 3. The molecule has 0 heterocycles. The van der Waals surface area contributed by atoms with Crippen molar-refractivity contribution in [3.05, 3.63) is 146 Å². The van der Waals surface area contributed by atoms with Crippen LogP contribution in [0.15, 0.2) is 146 Å². The number of rotatable bonds is 55. The summed E-state index contributed by atoms with van der Waals surface area (Å²) in [6.45, 7) is 6.33. The average Bonchev–Trinajstić information content (AvgIpc) is 3.43. The number of ether oxygens (including phenoxy) is 3. The molecule has 0 aromatic rings. The van der Waals surface area contributed by atoms with Crippen LogP contribution in [0.2, 0.25) is 0 Å². The summed E-state index contributed by atoms with van der Waals surface area (Å²) in [5.41, 5.74) is 0. The van der Waals surface area contributed by atoms with E-state index in [9.17, 15) is 14.4 Å². The topological polar surface area (TPSA) is 78.9 Å². The van der Waals surface area contributed by atoms with Crippen molar-refractivity contribution in [3.8, 4) is 0 Å². The van der Waals surface area contributed by atoms with E-state index in [1.54, 1.807) is 0 Å². The smallest absolute Gasteiger partial charge is 0.306 e. The molecule has 0 fully saturated rings. The third-order valence-electron chi connectivity index (χ3n) is 12.8. The van der Waals surface area contributed by atoms with E-state index >= 15 is 0 Å². The molecule has 0 N–H and O–H groups in total. The molecule has 6 nitrogen and oxygen atoms in total. The lowest BCUT2D eigenvalue weighted by molar-refractivity contribution is -0.167. The summed E-state index contributed by atoms with van der Waals surface area (Å²) in [7, 11) is 0. The Morgan fingerprint density at radius 3 is 0.831 bits per heavy atom. The van der Waals surface area contributed by atoms with Crippen molar-refractivity contribution >= 4 is 17.9 Å². The molecule has 0 saturated heterocycles. The van der Waals surface area contributed by atoms with E-state index in [0.29, 0.717) is 25.7 Å². The quantitative estimate of drug-likeness (QED) is 0.0261. The molecule has 77 heavy (non-hydrogen) atoms. The zero-order valence-electron chi connectivity index (χ0n) is 49.7. The summed E-state index contributed by atoms with van der Waals surface area (Å²) in [5.74, 6) is -0.994. The summed E-state index contributed by atoms with van der Waals surface area (Å²) in [5, 5.41) is 0. The fourth-order valence-corrected chi connectivity index (χ4v) is 8.17. The Bertz CT molecular complexity index is 1700. The van der Waals surface area contributed by atoms with E-state index in [-0.39, 0.29) is 37.5 Å². The predicted octanol–water partition coefficient (Wildman–Crippen LogP) is 21.5. The number of esters is 3. The summed E-state index contributed by atoms with van der Waals surface area (Å²) >= 11 is 0. The third-order valence-corrected chi connectivity index (χ3v) is 12.8. The Morgan fingerprint density at radius 2 is 0.506 bits per heavy atom. The zero-order chi connectivity index (χ0) is 55.7. The van der Waals surface area contributed by atoms with Gasteiger partial charge in [0.1, 0.15) is 13.2 Å². The van der Waals surface area contributed by atoms with Gasteiger partial charge in [0.15, 0.2) is 6.10 Å². The van der Waals surface area contributed by atoms with Gasteiger partial charge in [0.25, 0.3) is 0 Å². The standard InChI is InChI=1S/C71H114O6/c1-4-7-10-13-16-19-22-25-28-30-32-33-34-35-36-37-39-40-43-46-49-52-55-58-61-64-70(73)76-67-68(66-75-69(72)63-60-57-54-51-48-45-42-27-24-21-18-15-12-9-6-3)77-71(74)65-62-59-56-53-50-47-44-41-38-31-29-26-23-20-17-14-11-8-5-2/h8-9,11-12,17-18,20-22,25-27,29-30,32,34-35,38,41-42,47-48,50-51,68H,4-7,10,13-16,19,23-24,28,31,33,36-37,39-40,43-46,49,52-67H2,1-3H3/b11-8-,12-9-,20-17-,21-18-,25-22-,29-26-,32-30-,35-34-,41-38-,42-27-,50-47-,51-48-. The molecule has 0 amide bonds. The van der Waals surface area contributed by atoms with Crippen LogP contribution in [-0.2, 0) is 28.6 Å². The van der Waals surface area contributed by atoms with Gasteiger partial charge in [-0.15, -0.1) is 0 Å². The van der Waals surface area contributed by atoms with Crippen molar-refractivity contribution < 1.29 is 28.6 Å². The van der Waals surface area contributed by atoms with Gasteiger partial charge in [-0.05, 0) is 141 Å². The van der Waals surface area contributed by atoms with Crippen molar-refractivity contribution in [1.82, 2.24) is 0 Å². The first-order valence-electron chi connectivity index (χ1n) is 31.3. The van der Waals surface area contributed by atoms with Crippen molar-refractivity contribution in [2.24, 2.45) is 0 Å². The van der Waals surface area contributed by atoms with Crippen molar-refractivity contribution in [3.63, 3.8) is 0 Å². The first-order chi connectivity index (χ1) is 38.0. The van der Waals surface area contributed by atoms with E-state index in [4.69, 9.17) is 14.2 Å². The number of hydrogen-bond acceptors (Lipinski definition) is 6. The first kappa shape index (κ1) is 72.3. The monoisotopic (exact) mass is 1060 g/mol. The Labute approximate surface area is 474 Å². The van der Waals surface area contributed by atoms with Gasteiger partial charge in [0, 0.05) is 19.3 Å². The molecule has 0 aliphatic rings. The van der Waals surface area contributed by atoms with Gasteiger partial charge in [-0.25, -0.2) is 0 Å². The Morgan fingerprint density at radius 1 is 0.273 bits per heavy atom. The molecule has 0 bridgehead atoms. The molecule has 0 spiro atoms. The Hall–Kier alpha value is -4.71. The molecule has 0 aromatic heterocycles. The van der Waals surface area contributed by atoms with E-state index in [2.05, 4.69) is 167 Å². The molecular formula is C71H114O6. The van der Waals surface area contributed by atoms with Crippen LogP contribution in [0.25, 0.3) is 0 Å². The van der Waals surface area contributed by atoms with E-state index in [0.717, 1.165) is 122 Å². The van der Waals surface area contributed by atoms with E-state index < -0.39 is 6.10 Å². The second-order valence-corrected chi connectivity index (χ2v) is 20.2. The van der Waals surface area contributed by atoms with Crippen LogP contribution in [0.1, 0.15) is 265 Å². The first-order valence-corrected chi connectivity index (χ1v) is 31.3. The van der Waals surface area contributed by atoms with Gasteiger partial charge in [-0.2, -0.15) is 0 Å². The second-order valence-electron chi connectivity index (χ2n) is 20.2. The minimum atomic E-state index is -0.822. The normalized spacial score (nSPS) is 13.1. The number of carbonyl (C=O) groups excluding carboxylic acids is 3. The maximum Gasteiger partial charge on any atom is 0.306 e. The maximum absolute atomic E-state index is 12.9. The lowest BCUT2D eigenvalue weighted by atomic mass is 10.1. The summed E-state index contributed by atoms with van der Waals surface area (Å²) in [6, 6.07) is 0. The van der Waals surface area contributed by atoms with Gasteiger partial charge in [-0.3, -0.25) is 14.4 Å². The van der Waals surface area contributed by atoms with Gasteiger partial charge >= 0.3 is 17.9 Å². The molecular weight excluding hydrogens is 949 g/mol. The highest BCUT2D eigenvalue weighted by Gasteiger charge is 2.19. The van der Waals surface area contributed by atoms with Crippen LogP contribution in [0.5, 0.6) is 0 Å². The minimum absolute atomic E-state index is 0.112. The van der Waals surface area contributed by atoms with Gasteiger partial charge in [0.05, 0.1) is 0 Å². The second kappa shape index (κ2) is 63.8. The van der Waals surface area contributed by atoms with E-state index in [1.165, 1.54) is 89.9 Å². The molecule has 434 valence electrons. The number of allylic oxidation sites excluding steroid dienone is 24. The van der Waals surface area contributed by atoms with Gasteiger partial charge < -0.3 is 14.2 Å². The van der Waals surface area contributed by atoms with E-state index in [1.807, 2.05) is 0 Å². The van der Waals surface area contributed by atoms with Crippen LogP contribution in [0.4, 0.5) is 0 Å². The van der Waals surface area contributed by atoms with Crippen LogP contribution >= 0.6 is 0 Å². The summed E-state index contributed by atoms with van der Waals surface area (Å²) < 4.78 is 16.8. The molecule has 1 atom stereocenters. The SMILES string of the molecule is CC/C=C\C/C=C\C/C=C\C/C=C\C/C=C\CCCCCC(=O)OC(COC(=O)CCCC/C=C\C/C=C\C/C=C\C/C=C\CC)COC(=O)CCCCCCCCCCCC/C=C\C/C=C\C/C=C\CCCCCCC. The van der Waals surface area contributed by atoms with Crippen molar-refractivity contribution in [2.45, 2.75) is 271 Å². The lowest BCUT2D eigenvalue weighted by Crippen LogP contribution is -2.30. The molecule has 0 aromatic carbocycles. The van der Waals surface area contributed by atoms with Crippen LogP contribution in [0.3, 0.4) is 0 Å². The Kier molecular flexibility index (Phi) is 59.9. The van der Waals surface area contributed by atoms with Crippen LogP contribution < -0.4 is 0 Å². The molecule has 0 radical (unpaired) electrons. The molecule has 6 heteroatoms. The largest absolute Gasteiger partial charge is 0.462 e. The van der Waals surface area contributed by atoms with Gasteiger partial charge in [-0.1, -0.05) is 250 Å². The molecule has 0 rings (SSSR count). The number of unbranched alkanes of at least 4 members (excludes halogenated alkanes) is 20. The van der Waals surface area contributed by atoms with Crippen molar-refractivity contribution in [2.75, 3.05) is 13.2 Å². The number of hydrogen-bond donors (Lipinski definition) is 0. The van der Waals surface area contributed by atoms with Crippen LogP contribution in [0, 0.1) is 0 Å². The molecule has 0 saturated carbocycles. The molecule has 0 aliphatic heterocycles. The zero-order valence-corrected chi connectivity index (χ0v) is 49.7. The predicted molar refractivity (Wildman–Crippen MR) is 334 cm³/mol. The Balaban J connectivity index is 4.47. The minimum Gasteiger partial charge on any atom is -0.462 e. The fourth-order valence-electron chi connectivity index (χ4n) is 8.17. The van der Waals surface area contributed by atoms with Crippen LogP contribution in [-0.4, -0.2) is 37.2 Å². The fraction of sp³-hybridized carbons (Fsp3) is 0.620. The molecule has 1 unspecified atom stereocenters. The highest BCUT2D eigenvalue weighted by Crippen LogP contribution is 2.14. The highest BCUT2D eigenvalue weighted by molar-refractivity contribution is 5.71. The maximum atomic E-state index is 12.9.